The Morgan fingerprint density at radius 2 is 1.92 bits per heavy atom. The molecule has 12 heavy (non-hydrogen) atoms. The molecule has 0 amide bonds. The molecule has 1 aromatic rings. The molecule has 0 aromatic heterocycles. The van der Waals surface area contributed by atoms with Crippen LogP contribution in [0.4, 0.5) is 0 Å². The van der Waals surface area contributed by atoms with Gasteiger partial charge >= 0.3 is 0 Å². The maximum absolute atomic E-state index is 10.7. The standard InChI is InChI=1S/C8H7O3P/c9-7(8(10)12-11)6-4-2-1-3-5-6/h1-5,7,9H/t7-/m0/s1. The number of aliphatic hydroxyl groups excluding tert-OH is 1. The van der Waals surface area contributed by atoms with Crippen LogP contribution in [0, 0.1) is 0 Å². The van der Waals surface area contributed by atoms with Crippen molar-refractivity contribution in [2.75, 3.05) is 0 Å². The van der Waals surface area contributed by atoms with Crippen molar-refractivity contribution in [3.8, 4) is 0 Å². The lowest BCUT2D eigenvalue weighted by molar-refractivity contribution is -0.119. The van der Waals surface area contributed by atoms with Gasteiger partial charge in [-0.1, -0.05) is 30.3 Å². The van der Waals surface area contributed by atoms with E-state index < -0.39 is 20.1 Å². The van der Waals surface area contributed by atoms with Gasteiger partial charge in [-0.05, 0) is 5.56 Å². The largest absolute Gasteiger partial charge is 0.380 e. The fourth-order valence-corrected chi connectivity index (χ4v) is 1.08. The van der Waals surface area contributed by atoms with Crippen LogP contribution in [0.5, 0.6) is 0 Å². The predicted molar refractivity (Wildman–Crippen MR) is 44.0 cm³/mol. The molecule has 1 aromatic carbocycles. The third kappa shape index (κ3) is 1.97. The molecule has 0 aliphatic carbocycles. The fourth-order valence-electron chi connectivity index (χ4n) is 0.828. The highest BCUT2D eigenvalue weighted by molar-refractivity contribution is 7.46. The van der Waals surface area contributed by atoms with Crippen molar-refractivity contribution in [3.63, 3.8) is 0 Å². The van der Waals surface area contributed by atoms with Crippen molar-refractivity contribution in [1.29, 1.82) is 0 Å². The van der Waals surface area contributed by atoms with Gasteiger partial charge in [0.2, 0.25) is 8.46 Å². The normalized spacial score (nSPS) is 12.8. The summed E-state index contributed by atoms with van der Waals surface area (Å²) in [5.41, 5.74) is -0.257. The molecule has 1 atom stereocenters. The average Bonchev–Trinajstić information content (AvgIpc) is 2.17. The van der Waals surface area contributed by atoms with E-state index in [9.17, 15) is 14.5 Å². The summed E-state index contributed by atoms with van der Waals surface area (Å²) in [4.78, 5) is 10.7. The summed E-state index contributed by atoms with van der Waals surface area (Å²) in [5, 5.41) is 9.23. The van der Waals surface area contributed by atoms with Crippen LogP contribution in [0.3, 0.4) is 0 Å². The molecule has 1 rings (SSSR count). The van der Waals surface area contributed by atoms with E-state index in [1.54, 1.807) is 30.3 Å². The van der Waals surface area contributed by atoms with Crippen molar-refractivity contribution >= 4 is 14.0 Å². The Hall–Kier alpha value is -1.05. The average molecular weight is 182 g/mol. The SMILES string of the molecule is O=PC(=O)[C@@H](O)c1ccccc1. The molecule has 0 spiro atoms. The highest BCUT2D eigenvalue weighted by Gasteiger charge is 2.16. The topological polar surface area (TPSA) is 54.4 Å². The van der Waals surface area contributed by atoms with E-state index in [1.165, 1.54) is 0 Å². The van der Waals surface area contributed by atoms with Crippen molar-refractivity contribution in [3.05, 3.63) is 35.9 Å². The zero-order valence-electron chi connectivity index (χ0n) is 6.18. The Bertz CT molecular complexity index is 284. The molecule has 62 valence electrons. The van der Waals surface area contributed by atoms with Crippen molar-refractivity contribution < 1.29 is 14.5 Å². The zero-order valence-corrected chi connectivity index (χ0v) is 7.07. The second-order valence-electron chi connectivity index (χ2n) is 2.24. The minimum Gasteiger partial charge on any atom is -0.380 e. The fraction of sp³-hybridized carbons (Fsp3) is 0.125. The molecular weight excluding hydrogens is 175 g/mol. The summed E-state index contributed by atoms with van der Waals surface area (Å²) in [6.07, 6.45) is -1.27. The molecule has 0 heterocycles. The molecule has 0 aliphatic heterocycles. The Morgan fingerprint density at radius 3 is 2.42 bits per heavy atom. The monoisotopic (exact) mass is 182 g/mol. The van der Waals surface area contributed by atoms with Crippen LogP contribution in [0.2, 0.25) is 0 Å². The predicted octanol–water partition coefficient (Wildman–Crippen LogP) is 1.54. The van der Waals surface area contributed by atoms with Crippen LogP contribution in [0.15, 0.2) is 30.3 Å². The number of hydrogen-bond acceptors (Lipinski definition) is 3. The third-order valence-electron chi connectivity index (χ3n) is 1.44. The van der Waals surface area contributed by atoms with E-state index in [1.807, 2.05) is 0 Å². The van der Waals surface area contributed by atoms with Crippen LogP contribution in [-0.2, 0) is 9.36 Å². The Labute approximate surface area is 71.2 Å². The molecule has 0 unspecified atom stereocenters. The van der Waals surface area contributed by atoms with Gasteiger partial charge in [0, 0.05) is 0 Å². The smallest absolute Gasteiger partial charge is 0.255 e. The zero-order chi connectivity index (χ0) is 8.97. The van der Waals surface area contributed by atoms with Crippen LogP contribution in [-0.4, -0.2) is 10.6 Å². The summed E-state index contributed by atoms with van der Waals surface area (Å²) in [6, 6.07) is 8.39. The van der Waals surface area contributed by atoms with E-state index in [0.29, 0.717) is 5.56 Å². The second-order valence-corrected chi connectivity index (χ2v) is 2.87. The van der Waals surface area contributed by atoms with Gasteiger partial charge in [-0.15, -0.1) is 0 Å². The summed E-state index contributed by atoms with van der Waals surface area (Å²) < 4.78 is 10.1. The Kier molecular flexibility index (Phi) is 3.09. The lowest BCUT2D eigenvalue weighted by Crippen LogP contribution is -2.04. The van der Waals surface area contributed by atoms with Gasteiger partial charge in [-0.2, -0.15) is 0 Å². The minimum atomic E-state index is -1.27. The molecule has 3 nitrogen and oxygen atoms in total. The number of hydrogen-bond donors (Lipinski definition) is 1. The first-order chi connectivity index (χ1) is 5.75. The highest BCUT2D eigenvalue weighted by atomic mass is 31.1. The van der Waals surface area contributed by atoms with E-state index in [-0.39, 0.29) is 0 Å². The molecule has 0 aliphatic rings. The van der Waals surface area contributed by atoms with Gasteiger partial charge in [0.25, 0.3) is 5.52 Å². The van der Waals surface area contributed by atoms with Crippen molar-refractivity contribution in [1.82, 2.24) is 0 Å². The summed E-state index contributed by atoms with van der Waals surface area (Å²) in [7, 11) is -0.656. The summed E-state index contributed by atoms with van der Waals surface area (Å²) >= 11 is 0. The lowest BCUT2D eigenvalue weighted by atomic mass is 10.1. The van der Waals surface area contributed by atoms with Gasteiger partial charge < -0.3 is 5.11 Å². The van der Waals surface area contributed by atoms with Gasteiger partial charge in [-0.3, -0.25) is 9.36 Å². The number of benzene rings is 1. The highest BCUT2D eigenvalue weighted by Crippen LogP contribution is 2.17. The molecular formula is C8H7O3P. The quantitative estimate of drug-likeness (QED) is 0.721. The van der Waals surface area contributed by atoms with E-state index >= 15 is 0 Å². The van der Waals surface area contributed by atoms with Crippen molar-refractivity contribution in [2.24, 2.45) is 0 Å². The summed E-state index contributed by atoms with van der Waals surface area (Å²) in [5.74, 6) is 0. The van der Waals surface area contributed by atoms with Crippen LogP contribution in [0.1, 0.15) is 11.7 Å². The molecule has 0 fully saturated rings. The van der Waals surface area contributed by atoms with E-state index in [0.717, 1.165) is 0 Å². The molecule has 0 saturated heterocycles. The molecule has 1 N–H and O–H groups in total. The number of rotatable bonds is 3. The van der Waals surface area contributed by atoms with Gasteiger partial charge in [0.05, 0.1) is 0 Å². The number of aliphatic hydroxyl groups is 1. The molecule has 4 heteroatoms. The van der Waals surface area contributed by atoms with Crippen LogP contribution < -0.4 is 0 Å². The maximum Gasteiger partial charge on any atom is 0.255 e. The second kappa shape index (κ2) is 4.10. The van der Waals surface area contributed by atoms with Gasteiger partial charge in [0.15, 0.2) is 0 Å². The minimum absolute atomic E-state index is 0.464. The van der Waals surface area contributed by atoms with Crippen LogP contribution >= 0.6 is 8.46 Å². The molecule has 0 radical (unpaired) electrons. The first kappa shape index (κ1) is 9.04. The Morgan fingerprint density at radius 1 is 1.33 bits per heavy atom. The lowest BCUT2D eigenvalue weighted by Gasteiger charge is -2.03. The van der Waals surface area contributed by atoms with Crippen LogP contribution in [0.25, 0.3) is 0 Å². The van der Waals surface area contributed by atoms with E-state index in [4.69, 9.17) is 0 Å². The number of carbonyl (C=O) groups is 1. The van der Waals surface area contributed by atoms with Gasteiger partial charge in [-0.25, -0.2) is 0 Å². The molecule has 0 bridgehead atoms. The first-order valence-corrected chi connectivity index (χ1v) is 4.17. The maximum atomic E-state index is 10.7. The number of carbonyl (C=O) groups excluding carboxylic acids is 1. The summed E-state index contributed by atoms with van der Waals surface area (Å²) in [6.45, 7) is 0. The third-order valence-corrected chi connectivity index (χ3v) is 1.86. The molecule has 0 saturated carbocycles. The Balaban J connectivity index is 2.85. The van der Waals surface area contributed by atoms with Gasteiger partial charge in [0.1, 0.15) is 6.10 Å². The van der Waals surface area contributed by atoms with Crippen molar-refractivity contribution in [2.45, 2.75) is 6.10 Å². The van der Waals surface area contributed by atoms with E-state index in [2.05, 4.69) is 0 Å². The first-order valence-electron chi connectivity index (χ1n) is 3.36.